The third-order valence-corrected chi connectivity index (χ3v) is 4.95. The molecule has 152 valence electrons. The number of imide groups is 1. The Kier molecular flexibility index (Phi) is 5.28. The molecule has 9 heteroatoms. The van der Waals surface area contributed by atoms with E-state index in [-0.39, 0.29) is 24.8 Å². The number of ether oxygens (including phenoxy) is 1. The maximum absolute atomic E-state index is 12.8. The minimum Gasteiger partial charge on any atom is -0.444 e. The van der Waals surface area contributed by atoms with Gasteiger partial charge in [-0.25, -0.2) is 9.79 Å². The van der Waals surface area contributed by atoms with Crippen LogP contribution >= 0.6 is 0 Å². The third kappa shape index (κ3) is 4.06. The van der Waals surface area contributed by atoms with Gasteiger partial charge in [0, 0.05) is 36.5 Å². The van der Waals surface area contributed by atoms with Gasteiger partial charge in [0.2, 0.25) is 11.8 Å². The van der Waals surface area contributed by atoms with Crippen LogP contribution in [0, 0.1) is 0 Å². The van der Waals surface area contributed by atoms with Gasteiger partial charge in [-0.1, -0.05) is 12.1 Å². The molecule has 1 unspecified atom stereocenters. The van der Waals surface area contributed by atoms with Crippen LogP contribution in [0.3, 0.4) is 0 Å². The van der Waals surface area contributed by atoms with Gasteiger partial charge in [-0.05, 0) is 41.6 Å². The molecule has 9 nitrogen and oxygen atoms in total. The zero-order chi connectivity index (χ0) is 21.1. The van der Waals surface area contributed by atoms with Crippen LogP contribution in [0.1, 0.15) is 34.3 Å². The number of hydrogen-bond donors (Lipinski definition) is 2. The number of carbonyl (C=O) groups is 4. The van der Waals surface area contributed by atoms with Crippen molar-refractivity contribution in [2.75, 3.05) is 0 Å². The lowest BCUT2D eigenvalue weighted by Crippen LogP contribution is -2.52. The van der Waals surface area contributed by atoms with Crippen molar-refractivity contribution in [2.45, 2.75) is 32.0 Å². The highest BCUT2D eigenvalue weighted by atomic mass is 16.5. The molecule has 1 saturated heterocycles. The van der Waals surface area contributed by atoms with Crippen LogP contribution < -0.4 is 10.6 Å². The van der Waals surface area contributed by atoms with Crippen molar-refractivity contribution >= 4 is 29.7 Å². The molecule has 0 radical (unpaired) electrons. The maximum atomic E-state index is 12.8. The van der Waals surface area contributed by atoms with E-state index in [9.17, 15) is 19.2 Å². The Morgan fingerprint density at radius 3 is 3.03 bits per heavy atom. The lowest BCUT2D eigenvalue weighted by Gasteiger charge is -2.29. The fourth-order valence-electron chi connectivity index (χ4n) is 3.46. The highest BCUT2D eigenvalue weighted by Gasteiger charge is 2.39. The lowest BCUT2D eigenvalue weighted by molar-refractivity contribution is -0.136. The van der Waals surface area contributed by atoms with E-state index in [1.807, 2.05) is 0 Å². The summed E-state index contributed by atoms with van der Waals surface area (Å²) in [4.78, 5) is 53.5. The van der Waals surface area contributed by atoms with Crippen LogP contribution in [0.2, 0.25) is 0 Å². The Morgan fingerprint density at radius 1 is 1.33 bits per heavy atom. The van der Waals surface area contributed by atoms with Crippen molar-refractivity contribution in [2.24, 2.45) is 4.99 Å². The van der Waals surface area contributed by atoms with E-state index in [2.05, 4.69) is 21.5 Å². The predicted molar refractivity (Wildman–Crippen MR) is 105 cm³/mol. The molecule has 0 spiro atoms. The summed E-state index contributed by atoms with van der Waals surface area (Å²) in [6.45, 7) is 0.284. The second kappa shape index (κ2) is 8.18. The molecule has 3 heterocycles. The van der Waals surface area contributed by atoms with Crippen LogP contribution in [0.15, 0.2) is 53.3 Å². The van der Waals surface area contributed by atoms with Gasteiger partial charge in [0.1, 0.15) is 12.6 Å². The first kappa shape index (κ1) is 19.4. The number of allylic oxidation sites excluding steroid dienone is 3. The Hall–Kier alpha value is -3.97. The standard InChI is InChI=1S/C21H18N4O5/c26-18-6-5-17(19(27)24-18)25-11-14-4-3-13(10-16(14)20(25)28)12-30-21(29)23-15-2-1-8-22-9-7-15/h1-4,7,9-10,17H,5-6,11-12H2,(H,23,29)(H,24,26,27). The summed E-state index contributed by atoms with van der Waals surface area (Å²) in [5.41, 5.74) is 2.42. The first-order valence-corrected chi connectivity index (χ1v) is 9.37. The largest absolute Gasteiger partial charge is 0.444 e. The Bertz CT molecular complexity index is 1070. The quantitative estimate of drug-likeness (QED) is 0.731. The fraction of sp³-hybridized carbons (Fsp3) is 0.238. The predicted octanol–water partition coefficient (Wildman–Crippen LogP) is 1.31. The molecule has 1 fully saturated rings. The number of alkyl carbamates (subject to hydrolysis) is 1. The number of benzene rings is 1. The monoisotopic (exact) mass is 406 g/mol. The van der Waals surface area contributed by atoms with Crippen LogP contribution in [-0.4, -0.2) is 40.6 Å². The normalized spacial score (nSPS) is 19.9. The Balaban J connectivity index is 1.38. The number of hydrogen-bond acceptors (Lipinski definition) is 6. The second-order valence-electron chi connectivity index (χ2n) is 6.96. The molecule has 3 aliphatic heterocycles. The molecule has 0 saturated carbocycles. The summed E-state index contributed by atoms with van der Waals surface area (Å²) in [6.07, 6.45) is 6.18. The number of piperidine rings is 1. The number of fused-ring (bicyclic) bond motifs is 1. The van der Waals surface area contributed by atoms with Crippen LogP contribution in [0.25, 0.3) is 0 Å². The maximum Gasteiger partial charge on any atom is 0.411 e. The molecule has 1 atom stereocenters. The minimum atomic E-state index is -0.660. The Labute approximate surface area is 171 Å². The van der Waals surface area contributed by atoms with Crippen molar-refractivity contribution in [1.82, 2.24) is 15.5 Å². The third-order valence-electron chi connectivity index (χ3n) is 4.95. The van der Waals surface area contributed by atoms with E-state index in [4.69, 9.17) is 4.74 Å². The van der Waals surface area contributed by atoms with Crippen LogP contribution in [-0.2, 0) is 27.5 Å². The van der Waals surface area contributed by atoms with Gasteiger partial charge < -0.3 is 9.64 Å². The van der Waals surface area contributed by atoms with E-state index in [0.29, 0.717) is 29.8 Å². The molecule has 0 aliphatic carbocycles. The molecule has 0 aromatic heterocycles. The zero-order valence-electron chi connectivity index (χ0n) is 15.9. The van der Waals surface area contributed by atoms with Crippen molar-refractivity contribution in [3.63, 3.8) is 0 Å². The summed E-state index contributed by atoms with van der Waals surface area (Å²) in [5.74, 6) is 1.59. The fourth-order valence-corrected chi connectivity index (χ4v) is 3.46. The summed E-state index contributed by atoms with van der Waals surface area (Å²) >= 11 is 0. The van der Waals surface area contributed by atoms with Gasteiger partial charge in [-0.3, -0.25) is 25.0 Å². The molecule has 30 heavy (non-hydrogen) atoms. The molecule has 2 N–H and O–H groups in total. The van der Waals surface area contributed by atoms with E-state index >= 15 is 0 Å². The number of amides is 4. The molecule has 1 aromatic rings. The SMILES string of the molecule is O=C1CCC(N2Cc3ccc(COC(=O)NC4=CC=C=NC=C4)cc3C2=O)C(=O)N1. The summed E-state index contributed by atoms with van der Waals surface area (Å²) < 4.78 is 5.22. The number of rotatable bonds is 4. The van der Waals surface area contributed by atoms with Crippen molar-refractivity contribution in [1.29, 1.82) is 0 Å². The van der Waals surface area contributed by atoms with Crippen LogP contribution in [0.5, 0.6) is 0 Å². The van der Waals surface area contributed by atoms with E-state index in [1.165, 1.54) is 11.1 Å². The molecule has 3 aliphatic rings. The van der Waals surface area contributed by atoms with Crippen molar-refractivity contribution in [3.8, 4) is 0 Å². The van der Waals surface area contributed by atoms with Gasteiger partial charge >= 0.3 is 6.09 Å². The van der Waals surface area contributed by atoms with Gasteiger partial charge in [-0.2, -0.15) is 0 Å². The number of nitrogens with one attached hydrogen (secondary N) is 2. The highest BCUT2D eigenvalue weighted by Crippen LogP contribution is 2.28. The first-order valence-electron chi connectivity index (χ1n) is 9.37. The average Bonchev–Trinajstić information content (AvgIpc) is 2.88. The average molecular weight is 406 g/mol. The van der Waals surface area contributed by atoms with Gasteiger partial charge in [0.15, 0.2) is 0 Å². The zero-order valence-corrected chi connectivity index (χ0v) is 15.9. The summed E-state index contributed by atoms with van der Waals surface area (Å²) in [6, 6.07) is 4.56. The van der Waals surface area contributed by atoms with Crippen LogP contribution in [0.4, 0.5) is 4.79 Å². The molecule has 1 aromatic carbocycles. The Morgan fingerprint density at radius 2 is 2.20 bits per heavy atom. The van der Waals surface area contributed by atoms with E-state index in [0.717, 1.165) is 5.56 Å². The van der Waals surface area contributed by atoms with Crippen molar-refractivity contribution in [3.05, 3.63) is 65.0 Å². The highest BCUT2D eigenvalue weighted by molar-refractivity contribution is 6.05. The smallest absolute Gasteiger partial charge is 0.411 e. The van der Waals surface area contributed by atoms with E-state index in [1.54, 1.807) is 36.4 Å². The molecular formula is C21H18N4O5. The summed E-state index contributed by atoms with van der Waals surface area (Å²) in [7, 11) is 0. The molecule has 4 rings (SSSR count). The minimum absolute atomic E-state index is 0.0197. The number of aliphatic imine (C=N–C) groups is 1. The molecule has 0 bridgehead atoms. The summed E-state index contributed by atoms with van der Waals surface area (Å²) in [5, 5.41) is 4.86. The van der Waals surface area contributed by atoms with Gasteiger partial charge in [0.05, 0.1) is 0 Å². The second-order valence-corrected chi connectivity index (χ2v) is 6.96. The topological polar surface area (TPSA) is 117 Å². The number of carbonyl (C=O) groups excluding carboxylic acids is 4. The first-order chi connectivity index (χ1) is 14.5. The van der Waals surface area contributed by atoms with Gasteiger partial charge in [0.25, 0.3) is 5.91 Å². The lowest BCUT2D eigenvalue weighted by atomic mass is 10.0. The number of nitrogens with zero attached hydrogens (tertiary/aromatic N) is 2. The molecule has 4 amide bonds. The van der Waals surface area contributed by atoms with E-state index < -0.39 is 18.0 Å². The van der Waals surface area contributed by atoms with Gasteiger partial charge in [-0.15, -0.1) is 0 Å². The van der Waals surface area contributed by atoms with Crippen molar-refractivity contribution < 1.29 is 23.9 Å². The molecular weight excluding hydrogens is 388 g/mol.